The van der Waals surface area contributed by atoms with Gasteiger partial charge >= 0.3 is 0 Å². The molecule has 0 aliphatic rings. The lowest BCUT2D eigenvalue weighted by atomic mass is 10.1. The number of amides is 1. The van der Waals surface area contributed by atoms with Crippen LogP contribution in [0.1, 0.15) is 15.9 Å². The lowest BCUT2D eigenvalue weighted by Gasteiger charge is -2.12. The molecule has 0 radical (unpaired) electrons. The smallest absolute Gasteiger partial charge is 0.255 e. The summed E-state index contributed by atoms with van der Waals surface area (Å²) in [6.45, 7) is 1.94. The Balaban J connectivity index is 1.54. The van der Waals surface area contributed by atoms with Gasteiger partial charge in [-0.25, -0.2) is 14.4 Å². The van der Waals surface area contributed by atoms with Crippen LogP contribution >= 0.6 is 0 Å². The van der Waals surface area contributed by atoms with Crippen molar-refractivity contribution >= 4 is 23.2 Å². The van der Waals surface area contributed by atoms with E-state index in [9.17, 15) is 9.18 Å². The third kappa shape index (κ3) is 4.47. The van der Waals surface area contributed by atoms with Gasteiger partial charge in [-0.15, -0.1) is 0 Å². The zero-order valence-electron chi connectivity index (χ0n) is 16.1. The topological polar surface area (TPSA) is 79.8 Å². The molecule has 0 atom stereocenters. The number of nitrogens with zero attached hydrogens (tertiary/aromatic N) is 3. The van der Waals surface area contributed by atoms with Gasteiger partial charge in [-0.1, -0.05) is 6.07 Å². The van der Waals surface area contributed by atoms with Crippen LogP contribution in [0.5, 0.6) is 0 Å². The van der Waals surface area contributed by atoms with Crippen LogP contribution in [0.15, 0.2) is 79.3 Å². The van der Waals surface area contributed by atoms with Gasteiger partial charge in [0.05, 0.1) is 5.69 Å². The molecule has 6 nitrogen and oxygen atoms in total. The van der Waals surface area contributed by atoms with Gasteiger partial charge in [-0.2, -0.15) is 0 Å². The van der Waals surface area contributed by atoms with E-state index < -0.39 is 0 Å². The van der Waals surface area contributed by atoms with Crippen molar-refractivity contribution in [2.45, 2.75) is 6.92 Å². The average Bonchev–Trinajstić information content (AvgIpc) is 2.77. The van der Waals surface area contributed by atoms with E-state index in [4.69, 9.17) is 0 Å². The van der Waals surface area contributed by atoms with Gasteiger partial charge in [0.1, 0.15) is 5.82 Å². The molecule has 1 amide bonds. The molecule has 0 bridgehead atoms. The number of benzene rings is 2. The Hall–Kier alpha value is -4.13. The Morgan fingerprint density at radius 1 is 1.00 bits per heavy atom. The number of rotatable bonds is 5. The quantitative estimate of drug-likeness (QED) is 0.495. The number of hydrogen-bond donors (Lipinski definition) is 2. The SMILES string of the molecule is Cc1ccc(NC(=O)c2ccc(F)cc2)cc1Nc1nccc(-c2cccnc2)n1. The summed E-state index contributed by atoms with van der Waals surface area (Å²) >= 11 is 0. The number of nitrogens with one attached hydrogen (secondary N) is 2. The highest BCUT2D eigenvalue weighted by atomic mass is 19.1. The second-order valence-electron chi connectivity index (χ2n) is 6.62. The van der Waals surface area contributed by atoms with Crippen LogP contribution in [-0.4, -0.2) is 20.9 Å². The maximum atomic E-state index is 13.1. The van der Waals surface area contributed by atoms with Crippen LogP contribution in [-0.2, 0) is 0 Å². The number of carbonyl (C=O) groups excluding carboxylic acids is 1. The fourth-order valence-electron chi connectivity index (χ4n) is 2.85. The average molecular weight is 399 g/mol. The standard InChI is InChI=1S/C23H18FN5O/c1-15-4-9-19(27-22(30)16-5-7-18(24)8-6-16)13-21(15)29-23-26-12-10-20(28-23)17-3-2-11-25-14-17/h2-14H,1H3,(H,27,30)(H,26,28,29). The summed E-state index contributed by atoms with van der Waals surface area (Å²) in [5.74, 6) is -0.275. The molecule has 0 saturated heterocycles. The number of carbonyl (C=O) groups is 1. The molecule has 0 spiro atoms. The molecular weight excluding hydrogens is 381 g/mol. The number of hydrogen-bond acceptors (Lipinski definition) is 5. The molecule has 2 aromatic carbocycles. The highest BCUT2D eigenvalue weighted by Crippen LogP contribution is 2.24. The number of halogens is 1. The van der Waals surface area contributed by atoms with Crippen molar-refractivity contribution in [3.63, 3.8) is 0 Å². The van der Waals surface area contributed by atoms with Gasteiger partial charge in [-0.05, 0) is 67.1 Å². The summed E-state index contributed by atoms with van der Waals surface area (Å²) in [7, 11) is 0. The van der Waals surface area contributed by atoms with E-state index in [-0.39, 0.29) is 11.7 Å². The van der Waals surface area contributed by atoms with E-state index in [0.29, 0.717) is 17.2 Å². The zero-order valence-corrected chi connectivity index (χ0v) is 16.1. The molecule has 2 aromatic heterocycles. The largest absolute Gasteiger partial charge is 0.324 e. The van der Waals surface area contributed by atoms with Crippen molar-refractivity contribution in [3.05, 3.63) is 96.2 Å². The molecule has 2 heterocycles. The molecule has 30 heavy (non-hydrogen) atoms. The number of aromatic nitrogens is 3. The molecule has 4 rings (SSSR count). The molecular formula is C23H18FN5O. The van der Waals surface area contributed by atoms with Gasteiger partial charge in [0, 0.05) is 41.1 Å². The zero-order chi connectivity index (χ0) is 20.9. The third-order valence-corrected chi connectivity index (χ3v) is 4.46. The predicted molar refractivity (Wildman–Crippen MR) is 114 cm³/mol. The molecule has 2 N–H and O–H groups in total. The molecule has 7 heteroatoms. The Morgan fingerprint density at radius 2 is 1.83 bits per heavy atom. The fourth-order valence-corrected chi connectivity index (χ4v) is 2.85. The maximum absolute atomic E-state index is 13.1. The second kappa shape index (κ2) is 8.48. The first-order chi connectivity index (χ1) is 14.6. The molecule has 0 fully saturated rings. The number of pyridine rings is 1. The van der Waals surface area contributed by atoms with Crippen LogP contribution in [0.2, 0.25) is 0 Å². The van der Waals surface area contributed by atoms with Crippen molar-refractivity contribution < 1.29 is 9.18 Å². The van der Waals surface area contributed by atoms with Gasteiger partial charge in [0.25, 0.3) is 5.91 Å². The highest BCUT2D eigenvalue weighted by Gasteiger charge is 2.09. The minimum atomic E-state index is -0.387. The minimum Gasteiger partial charge on any atom is -0.324 e. The lowest BCUT2D eigenvalue weighted by molar-refractivity contribution is 0.102. The number of aryl methyl sites for hydroxylation is 1. The highest BCUT2D eigenvalue weighted by molar-refractivity contribution is 6.04. The summed E-state index contributed by atoms with van der Waals surface area (Å²) in [6.07, 6.45) is 5.12. The molecule has 0 unspecified atom stereocenters. The van der Waals surface area contributed by atoms with Crippen LogP contribution in [0, 0.1) is 12.7 Å². The molecule has 0 saturated carbocycles. The normalized spacial score (nSPS) is 10.5. The van der Waals surface area contributed by atoms with Gasteiger partial charge < -0.3 is 10.6 Å². The third-order valence-electron chi connectivity index (χ3n) is 4.46. The van der Waals surface area contributed by atoms with Crippen molar-refractivity contribution in [1.29, 1.82) is 0 Å². The van der Waals surface area contributed by atoms with Crippen LogP contribution < -0.4 is 10.6 Å². The first kappa shape index (κ1) is 19.2. The van der Waals surface area contributed by atoms with Crippen LogP contribution in [0.4, 0.5) is 21.7 Å². The van der Waals surface area contributed by atoms with Crippen LogP contribution in [0.25, 0.3) is 11.3 Å². The molecule has 148 valence electrons. The summed E-state index contributed by atoms with van der Waals surface area (Å²) < 4.78 is 13.1. The van der Waals surface area contributed by atoms with Crippen LogP contribution in [0.3, 0.4) is 0 Å². The van der Waals surface area contributed by atoms with E-state index in [1.165, 1.54) is 24.3 Å². The minimum absolute atomic E-state index is 0.320. The lowest BCUT2D eigenvalue weighted by Crippen LogP contribution is -2.12. The second-order valence-corrected chi connectivity index (χ2v) is 6.62. The fraction of sp³-hybridized carbons (Fsp3) is 0.0435. The Kier molecular flexibility index (Phi) is 5.43. The summed E-state index contributed by atoms with van der Waals surface area (Å²) in [6, 6.07) is 16.5. The Bertz CT molecular complexity index is 1180. The van der Waals surface area contributed by atoms with E-state index >= 15 is 0 Å². The summed E-state index contributed by atoms with van der Waals surface area (Å²) in [4.78, 5) is 25.3. The summed E-state index contributed by atoms with van der Waals surface area (Å²) in [5.41, 5.74) is 4.33. The maximum Gasteiger partial charge on any atom is 0.255 e. The first-order valence-corrected chi connectivity index (χ1v) is 9.26. The Morgan fingerprint density at radius 3 is 2.60 bits per heavy atom. The number of anilines is 3. The van der Waals surface area contributed by atoms with Crippen molar-refractivity contribution in [1.82, 2.24) is 15.0 Å². The van der Waals surface area contributed by atoms with E-state index in [0.717, 1.165) is 22.5 Å². The van der Waals surface area contributed by atoms with Crippen molar-refractivity contribution in [3.8, 4) is 11.3 Å². The molecule has 4 aromatic rings. The predicted octanol–water partition coefficient (Wildman–Crippen LogP) is 4.98. The van der Waals surface area contributed by atoms with Crippen molar-refractivity contribution in [2.24, 2.45) is 0 Å². The van der Waals surface area contributed by atoms with E-state index in [1.54, 1.807) is 30.7 Å². The van der Waals surface area contributed by atoms with Crippen molar-refractivity contribution in [2.75, 3.05) is 10.6 Å². The Labute approximate surface area is 172 Å². The molecule has 0 aliphatic carbocycles. The van der Waals surface area contributed by atoms with Gasteiger partial charge in [0.2, 0.25) is 5.95 Å². The molecule has 0 aliphatic heterocycles. The van der Waals surface area contributed by atoms with E-state index in [2.05, 4.69) is 25.6 Å². The monoisotopic (exact) mass is 399 g/mol. The van der Waals surface area contributed by atoms with E-state index in [1.807, 2.05) is 31.2 Å². The first-order valence-electron chi connectivity index (χ1n) is 9.26. The van der Waals surface area contributed by atoms with Gasteiger partial charge in [-0.3, -0.25) is 9.78 Å². The van der Waals surface area contributed by atoms with Gasteiger partial charge in [0.15, 0.2) is 0 Å². The summed E-state index contributed by atoms with van der Waals surface area (Å²) in [5, 5.41) is 6.02.